The number of carbonyl (C=O) groups is 1. The second-order valence-electron chi connectivity index (χ2n) is 6.30. The molecule has 0 aliphatic carbocycles. The van der Waals surface area contributed by atoms with Gasteiger partial charge >= 0.3 is 6.18 Å². The summed E-state index contributed by atoms with van der Waals surface area (Å²) in [4.78, 5) is 16.4. The Bertz CT molecular complexity index is 955. The first kappa shape index (κ1) is 20.4. The van der Waals surface area contributed by atoms with Gasteiger partial charge in [0.2, 0.25) is 0 Å². The zero-order valence-corrected chi connectivity index (χ0v) is 15.6. The SMILES string of the molecule is CCCOc1ccc(C(F)(F)F)cc1NC(=O)c1ccc(Cn2cncn2)cc1. The van der Waals surface area contributed by atoms with Crippen LogP contribution in [0.1, 0.15) is 34.8 Å². The number of halogens is 3. The number of carbonyl (C=O) groups excluding carboxylic acids is 1. The molecule has 1 aromatic heterocycles. The molecule has 0 radical (unpaired) electrons. The number of anilines is 1. The molecular weight excluding hydrogens is 385 g/mol. The molecule has 0 unspecified atom stereocenters. The topological polar surface area (TPSA) is 69.0 Å². The van der Waals surface area contributed by atoms with Gasteiger partial charge in [-0.3, -0.25) is 4.79 Å². The molecule has 2 aromatic carbocycles. The number of aromatic nitrogens is 3. The summed E-state index contributed by atoms with van der Waals surface area (Å²) in [5.41, 5.74) is 0.328. The quantitative estimate of drug-likeness (QED) is 0.634. The molecule has 0 fully saturated rings. The van der Waals surface area contributed by atoms with E-state index < -0.39 is 17.6 Å². The van der Waals surface area contributed by atoms with E-state index in [0.29, 0.717) is 25.1 Å². The smallest absolute Gasteiger partial charge is 0.416 e. The van der Waals surface area contributed by atoms with Crippen LogP contribution >= 0.6 is 0 Å². The molecule has 1 heterocycles. The van der Waals surface area contributed by atoms with Gasteiger partial charge < -0.3 is 10.1 Å². The average Bonchev–Trinajstić information content (AvgIpc) is 3.19. The molecule has 3 rings (SSSR count). The van der Waals surface area contributed by atoms with E-state index >= 15 is 0 Å². The van der Waals surface area contributed by atoms with Gasteiger partial charge in [-0.15, -0.1) is 0 Å². The summed E-state index contributed by atoms with van der Waals surface area (Å²) in [6.07, 6.45) is -0.839. The number of amides is 1. The normalized spacial score (nSPS) is 11.3. The monoisotopic (exact) mass is 404 g/mol. The van der Waals surface area contributed by atoms with Crippen molar-refractivity contribution in [3.05, 3.63) is 71.8 Å². The lowest BCUT2D eigenvalue weighted by Crippen LogP contribution is -2.15. The van der Waals surface area contributed by atoms with Crippen LogP contribution < -0.4 is 10.1 Å². The average molecular weight is 404 g/mol. The predicted molar refractivity (Wildman–Crippen MR) is 101 cm³/mol. The highest BCUT2D eigenvalue weighted by atomic mass is 19.4. The first-order valence-corrected chi connectivity index (χ1v) is 8.93. The summed E-state index contributed by atoms with van der Waals surface area (Å²) in [6.45, 7) is 2.69. The molecule has 1 amide bonds. The van der Waals surface area contributed by atoms with Crippen molar-refractivity contribution in [3.8, 4) is 5.75 Å². The van der Waals surface area contributed by atoms with Crippen LogP contribution in [0.15, 0.2) is 55.1 Å². The van der Waals surface area contributed by atoms with Crippen molar-refractivity contribution in [2.24, 2.45) is 0 Å². The Labute approximate surface area is 165 Å². The number of rotatable bonds is 7. The summed E-state index contributed by atoms with van der Waals surface area (Å²) >= 11 is 0. The van der Waals surface area contributed by atoms with Crippen LogP contribution in [0, 0.1) is 0 Å². The van der Waals surface area contributed by atoms with E-state index in [9.17, 15) is 18.0 Å². The van der Waals surface area contributed by atoms with Crippen LogP contribution in [0.5, 0.6) is 5.75 Å². The Morgan fingerprint density at radius 2 is 1.93 bits per heavy atom. The molecule has 152 valence electrons. The van der Waals surface area contributed by atoms with E-state index in [0.717, 1.165) is 17.7 Å². The zero-order chi connectivity index (χ0) is 20.9. The van der Waals surface area contributed by atoms with Crippen LogP contribution in [0.2, 0.25) is 0 Å². The van der Waals surface area contributed by atoms with Crippen LogP contribution in [-0.2, 0) is 12.7 Å². The third-order valence-corrected chi connectivity index (χ3v) is 4.04. The molecular formula is C20H19F3N4O2. The maximum Gasteiger partial charge on any atom is 0.416 e. The molecule has 0 aliphatic heterocycles. The Hall–Kier alpha value is -3.36. The number of hydrogen-bond acceptors (Lipinski definition) is 4. The fourth-order valence-electron chi connectivity index (χ4n) is 2.60. The molecule has 1 N–H and O–H groups in total. The Kier molecular flexibility index (Phi) is 6.16. The van der Waals surface area contributed by atoms with Gasteiger partial charge in [0.25, 0.3) is 5.91 Å². The first-order chi connectivity index (χ1) is 13.9. The number of ether oxygens (including phenoxy) is 1. The maximum atomic E-state index is 13.0. The molecule has 6 nitrogen and oxygen atoms in total. The highest BCUT2D eigenvalue weighted by Gasteiger charge is 2.31. The van der Waals surface area contributed by atoms with Crippen molar-refractivity contribution in [1.29, 1.82) is 0 Å². The van der Waals surface area contributed by atoms with Crippen molar-refractivity contribution < 1.29 is 22.7 Å². The summed E-state index contributed by atoms with van der Waals surface area (Å²) in [5.74, 6) is -0.339. The van der Waals surface area contributed by atoms with E-state index in [1.807, 2.05) is 6.92 Å². The standard InChI is InChI=1S/C20H19F3N4O2/c1-2-9-29-18-8-7-16(20(21,22)23)10-17(18)26-19(28)15-5-3-14(4-6-15)11-27-13-24-12-25-27/h3-8,10,12-13H,2,9,11H2,1H3,(H,26,28). The second kappa shape index (κ2) is 8.76. The Balaban J connectivity index is 1.77. The van der Waals surface area contributed by atoms with Gasteiger partial charge in [-0.2, -0.15) is 18.3 Å². The van der Waals surface area contributed by atoms with Gasteiger partial charge in [-0.05, 0) is 42.3 Å². The van der Waals surface area contributed by atoms with E-state index in [1.54, 1.807) is 35.3 Å². The number of hydrogen-bond donors (Lipinski definition) is 1. The zero-order valence-electron chi connectivity index (χ0n) is 15.6. The van der Waals surface area contributed by atoms with E-state index in [4.69, 9.17) is 4.74 Å². The Morgan fingerprint density at radius 3 is 2.55 bits per heavy atom. The van der Waals surface area contributed by atoms with Crippen LogP contribution in [0.3, 0.4) is 0 Å². The molecule has 0 saturated heterocycles. The van der Waals surface area contributed by atoms with Gasteiger partial charge in [0.1, 0.15) is 18.4 Å². The Morgan fingerprint density at radius 1 is 1.17 bits per heavy atom. The van der Waals surface area contributed by atoms with Gasteiger partial charge in [0, 0.05) is 5.56 Å². The van der Waals surface area contributed by atoms with Crippen LogP contribution in [-0.4, -0.2) is 27.3 Å². The summed E-state index contributed by atoms with van der Waals surface area (Å²) in [6, 6.07) is 9.72. The van der Waals surface area contributed by atoms with Crippen molar-refractivity contribution in [2.75, 3.05) is 11.9 Å². The fourth-order valence-corrected chi connectivity index (χ4v) is 2.60. The number of nitrogens with zero attached hydrogens (tertiary/aromatic N) is 3. The third-order valence-electron chi connectivity index (χ3n) is 4.04. The van der Waals surface area contributed by atoms with Crippen molar-refractivity contribution >= 4 is 11.6 Å². The lowest BCUT2D eigenvalue weighted by atomic mass is 10.1. The molecule has 0 spiro atoms. The third kappa shape index (κ3) is 5.34. The van der Waals surface area contributed by atoms with Crippen molar-refractivity contribution in [1.82, 2.24) is 14.8 Å². The largest absolute Gasteiger partial charge is 0.491 e. The number of nitrogens with one attached hydrogen (secondary N) is 1. The van der Waals surface area contributed by atoms with Crippen LogP contribution in [0.25, 0.3) is 0 Å². The van der Waals surface area contributed by atoms with E-state index in [-0.39, 0.29) is 11.4 Å². The van der Waals surface area contributed by atoms with Crippen molar-refractivity contribution in [2.45, 2.75) is 26.1 Å². The molecule has 0 bridgehead atoms. The van der Waals surface area contributed by atoms with Crippen LogP contribution in [0.4, 0.5) is 18.9 Å². The summed E-state index contributed by atoms with van der Waals surface area (Å²) < 4.78 is 46.2. The maximum absolute atomic E-state index is 13.0. The molecule has 9 heteroatoms. The van der Waals surface area contributed by atoms with Gasteiger partial charge in [0.05, 0.1) is 24.4 Å². The van der Waals surface area contributed by atoms with E-state index in [1.165, 1.54) is 12.4 Å². The molecule has 3 aromatic rings. The highest BCUT2D eigenvalue weighted by Crippen LogP contribution is 2.35. The molecule has 0 atom stereocenters. The van der Waals surface area contributed by atoms with Gasteiger partial charge in [-0.1, -0.05) is 19.1 Å². The molecule has 0 saturated carbocycles. The van der Waals surface area contributed by atoms with E-state index in [2.05, 4.69) is 15.4 Å². The minimum Gasteiger partial charge on any atom is -0.491 e. The lowest BCUT2D eigenvalue weighted by Gasteiger charge is -2.15. The summed E-state index contributed by atoms with van der Waals surface area (Å²) in [5, 5.41) is 6.53. The number of benzene rings is 2. The molecule has 29 heavy (non-hydrogen) atoms. The minimum absolute atomic E-state index is 0.0232. The predicted octanol–water partition coefficient (Wildman–Crippen LogP) is 4.39. The summed E-state index contributed by atoms with van der Waals surface area (Å²) in [7, 11) is 0. The first-order valence-electron chi connectivity index (χ1n) is 8.93. The fraction of sp³-hybridized carbons (Fsp3) is 0.250. The minimum atomic E-state index is -4.52. The highest BCUT2D eigenvalue weighted by molar-refractivity contribution is 6.05. The van der Waals surface area contributed by atoms with Crippen molar-refractivity contribution in [3.63, 3.8) is 0 Å². The number of alkyl halides is 3. The van der Waals surface area contributed by atoms with Gasteiger partial charge in [-0.25, -0.2) is 9.67 Å². The lowest BCUT2D eigenvalue weighted by molar-refractivity contribution is -0.137. The van der Waals surface area contributed by atoms with Gasteiger partial charge in [0.15, 0.2) is 0 Å². The second-order valence-corrected chi connectivity index (χ2v) is 6.30. The molecule has 0 aliphatic rings.